The average molecular weight is 247 g/mol. The van der Waals surface area contributed by atoms with Crippen molar-refractivity contribution in [1.29, 1.82) is 0 Å². The number of nitrogens with one attached hydrogen (secondary N) is 1. The Hall–Kier alpha value is -1.51. The molecule has 3 nitrogen and oxygen atoms in total. The summed E-state index contributed by atoms with van der Waals surface area (Å²) in [4.78, 5) is 12.1. The van der Waals surface area contributed by atoms with E-state index in [1.807, 2.05) is 31.2 Å². The molecule has 0 heterocycles. The van der Waals surface area contributed by atoms with Crippen LogP contribution >= 0.6 is 0 Å². The average Bonchev–Trinajstić information content (AvgIpc) is 2.92. The van der Waals surface area contributed by atoms with Gasteiger partial charge in [0.25, 0.3) is 0 Å². The molecule has 0 aromatic heterocycles. The molecule has 1 fully saturated rings. The van der Waals surface area contributed by atoms with Gasteiger partial charge in [0.1, 0.15) is 5.75 Å². The highest BCUT2D eigenvalue weighted by Gasteiger charge is 2.26. The second-order valence-corrected chi connectivity index (χ2v) is 5.05. The van der Waals surface area contributed by atoms with Gasteiger partial charge in [-0.1, -0.05) is 25.8 Å². The van der Waals surface area contributed by atoms with Crippen molar-refractivity contribution in [2.45, 2.75) is 32.6 Å². The van der Waals surface area contributed by atoms with Gasteiger partial charge in [-0.05, 0) is 30.9 Å². The summed E-state index contributed by atoms with van der Waals surface area (Å²) < 4.78 is 5.15. The highest BCUT2D eigenvalue weighted by atomic mass is 16.5. The van der Waals surface area contributed by atoms with E-state index >= 15 is 0 Å². The molecule has 1 aromatic carbocycles. The van der Waals surface area contributed by atoms with E-state index in [0.29, 0.717) is 5.92 Å². The first-order valence-corrected chi connectivity index (χ1v) is 6.65. The molecule has 98 valence electrons. The SMILES string of the molecule is COc1cccc(NC(=O)C(C)C2CCCC2)c1. The second-order valence-electron chi connectivity index (χ2n) is 5.05. The minimum atomic E-state index is 0.0960. The maximum atomic E-state index is 12.1. The van der Waals surface area contributed by atoms with Crippen LogP contribution in [0.5, 0.6) is 5.75 Å². The molecule has 1 saturated carbocycles. The Morgan fingerprint density at radius 1 is 1.39 bits per heavy atom. The van der Waals surface area contributed by atoms with Crippen LogP contribution in [0.15, 0.2) is 24.3 Å². The number of hydrogen-bond donors (Lipinski definition) is 1. The molecule has 2 rings (SSSR count). The highest BCUT2D eigenvalue weighted by molar-refractivity contribution is 5.92. The summed E-state index contributed by atoms with van der Waals surface area (Å²) in [5.74, 6) is 1.53. The molecule has 1 aliphatic carbocycles. The van der Waals surface area contributed by atoms with Gasteiger partial charge >= 0.3 is 0 Å². The van der Waals surface area contributed by atoms with Gasteiger partial charge in [-0.25, -0.2) is 0 Å². The first-order valence-electron chi connectivity index (χ1n) is 6.65. The van der Waals surface area contributed by atoms with Crippen molar-refractivity contribution in [3.8, 4) is 5.75 Å². The van der Waals surface area contributed by atoms with Crippen molar-refractivity contribution in [3.63, 3.8) is 0 Å². The maximum absolute atomic E-state index is 12.1. The molecular formula is C15H21NO2. The molecule has 1 aliphatic rings. The Bertz CT molecular complexity index is 411. The predicted octanol–water partition coefficient (Wildman–Crippen LogP) is 3.46. The van der Waals surface area contributed by atoms with Crippen LogP contribution in [0.4, 0.5) is 5.69 Å². The topological polar surface area (TPSA) is 38.3 Å². The van der Waals surface area contributed by atoms with Gasteiger partial charge in [0.2, 0.25) is 5.91 Å². The molecule has 0 saturated heterocycles. The summed E-state index contributed by atoms with van der Waals surface area (Å²) in [6.45, 7) is 2.03. The van der Waals surface area contributed by atoms with Crippen molar-refractivity contribution < 1.29 is 9.53 Å². The number of methoxy groups -OCH3 is 1. The summed E-state index contributed by atoms with van der Waals surface area (Å²) in [6, 6.07) is 7.49. The third-order valence-electron chi connectivity index (χ3n) is 3.86. The van der Waals surface area contributed by atoms with E-state index < -0.39 is 0 Å². The second kappa shape index (κ2) is 5.89. The van der Waals surface area contributed by atoms with Crippen LogP contribution in [0.2, 0.25) is 0 Å². The van der Waals surface area contributed by atoms with Crippen LogP contribution in [0.25, 0.3) is 0 Å². The van der Waals surface area contributed by atoms with E-state index in [2.05, 4.69) is 5.32 Å². The predicted molar refractivity (Wildman–Crippen MR) is 72.7 cm³/mol. The summed E-state index contributed by atoms with van der Waals surface area (Å²) >= 11 is 0. The van der Waals surface area contributed by atoms with Crippen molar-refractivity contribution >= 4 is 11.6 Å². The minimum Gasteiger partial charge on any atom is -0.497 e. The number of carbonyl (C=O) groups is 1. The van der Waals surface area contributed by atoms with E-state index in [4.69, 9.17) is 4.74 Å². The fourth-order valence-electron chi connectivity index (χ4n) is 2.63. The van der Waals surface area contributed by atoms with Crippen LogP contribution < -0.4 is 10.1 Å². The van der Waals surface area contributed by atoms with Gasteiger partial charge in [0.15, 0.2) is 0 Å². The molecule has 0 aliphatic heterocycles. The third kappa shape index (κ3) is 3.03. The third-order valence-corrected chi connectivity index (χ3v) is 3.86. The molecule has 1 aromatic rings. The van der Waals surface area contributed by atoms with Crippen molar-refractivity contribution in [2.75, 3.05) is 12.4 Å². The first-order chi connectivity index (χ1) is 8.70. The van der Waals surface area contributed by atoms with Crippen LogP contribution in [0.3, 0.4) is 0 Å². The number of ether oxygens (including phenoxy) is 1. The zero-order valence-corrected chi connectivity index (χ0v) is 11.1. The quantitative estimate of drug-likeness (QED) is 0.884. The molecule has 1 N–H and O–H groups in total. The molecule has 3 heteroatoms. The summed E-state index contributed by atoms with van der Waals surface area (Å²) in [6.07, 6.45) is 4.91. The van der Waals surface area contributed by atoms with Gasteiger partial charge in [0.05, 0.1) is 7.11 Å². The molecule has 1 atom stereocenters. The van der Waals surface area contributed by atoms with Gasteiger partial charge < -0.3 is 10.1 Å². The van der Waals surface area contributed by atoms with E-state index in [0.717, 1.165) is 11.4 Å². The molecule has 0 spiro atoms. The number of amides is 1. The molecule has 18 heavy (non-hydrogen) atoms. The van der Waals surface area contributed by atoms with E-state index in [1.165, 1.54) is 25.7 Å². The standard InChI is InChI=1S/C15H21NO2/c1-11(12-6-3-4-7-12)15(17)16-13-8-5-9-14(10-13)18-2/h5,8-12H,3-4,6-7H2,1-2H3,(H,16,17). The molecule has 0 radical (unpaired) electrons. The van der Waals surface area contributed by atoms with Gasteiger partial charge in [-0.2, -0.15) is 0 Å². The minimum absolute atomic E-state index is 0.0960. The molecular weight excluding hydrogens is 226 g/mol. The van der Waals surface area contributed by atoms with Crippen LogP contribution in [0, 0.1) is 11.8 Å². The Morgan fingerprint density at radius 2 is 2.11 bits per heavy atom. The zero-order valence-electron chi connectivity index (χ0n) is 11.1. The smallest absolute Gasteiger partial charge is 0.227 e. The van der Waals surface area contributed by atoms with E-state index in [9.17, 15) is 4.79 Å². The maximum Gasteiger partial charge on any atom is 0.227 e. The highest BCUT2D eigenvalue weighted by Crippen LogP contribution is 2.31. The summed E-state index contributed by atoms with van der Waals surface area (Å²) in [5.41, 5.74) is 0.809. The van der Waals surface area contributed by atoms with Gasteiger partial charge in [0, 0.05) is 17.7 Å². The lowest BCUT2D eigenvalue weighted by molar-refractivity contribution is -0.120. The Morgan fingerprint density at radius 3 is 2.78 bits per heavy atom. The van der Waals surface area contributed by atoms with Gasteiger partial charge in [-0.15, -0.1) is 0 Å². The fraction of sp³-hybridized carbons (Fsp3) is 0.533. The Labute approximate surface area is 109 Å². The number of carbonyl (C=O) groups excluding carboxylic acids is 1. The molecule has 1 amide bonds. The van der Waals surface area contributed by atoms with Crippen LogP contribution in [-0.2, 0) is 4.79 Å². The lowest BCUT2D eigenvalue weighted by Crippen LogP contribution is -2.25. The number of benzene rings is 1. The number of hydrogen-bond acceptors (Lipinski definition) is 2. The van der Waals surface area contributed by atoms with E-state index in [-0.39, 0.29) is 11.8 Å². The Kier molecular flexibility index (Phi) is 4.24. The lowest BCUT2D eigenvalue weighted by Gasteiger charge is -2.18. The summed E-state index contributed by atoms with van der Waals surface area (Å²) in [7, 11) is 1.63. The number of rotatable bonds is 4. The normalized spacial score (nSPS) is 17.4. The molecule has 0 bridgehead atoms. The van der Waals surface area contributed by atoms with Crippen LogP contribution in [0.1, 0.15) is 32.6 Å². The van der Waals surface area contributed by atoms with Crippen molar-refractivity contribution in [2.24, 2.45) is 11.8 Å². The summed E-state index contributed by atoms with van der Waals surface area (Å²) in [5, 5.41) is 2.97. The lowest BCUT2D eigenvalue weighted by atomic mass is 9.92. The van der Waals surface area contributed by atoms with Gasteiger partial charge in [-0.3, -0.25) is 4.79 Å². The Balaban J connectivity index is 1.97. The van der Waals surface area contributed by atoms with Crippen LogP contribution in [-0.4, -0.2) is 13.0 Å². The fourth-order valence-corrected chi connectivity index (χ4v) is 2.63. The first kappa shape index (κ1) is 12.9. The zero-order chi connectivity index (χ0) is 13.0. The molecule has 1 unspecified atom stereocenters. The monoisotopic (exact) mass is 247 g/mol. The number of anilines is 1. The van der Waals surface area contributed by atoms with Crippen molar-refractivity contribution in [1.82, 2.24) is 0 Å². The largest absolute Gasteiger partial charge is 0.497 e. The van der Waals surface area contributed by atoms with E-state index in [1.54, 1.807) is 7.11 Å². The van der Waals surface area contributed by atoms with Crippen molar-refractivity contribution in [3.05, 3.63) is 24.3 Å².